The first-order chi connectivity index (χ1) is 11.2. The van der Waals surface area contributed by atoms with Gasteiger partial charge in [-0.2, -0.15) is 10.2 Å². The van der Waals surface area contributed by atoms with Gasteiger partial charge in [-0.1, -0.05) is 12.1 Å². The number of benzene rings is 1. The van der Waals surface area contributed by atoms with Gasteiger partial charge in [-0.05, 0) is 44.0 Å². The first-order valence-electron chi connectivity index (χ1n) is 7.90. The lowest BCUT2D eigenvalue weighted by Crippen LogP contribution is -2.42. The lowest BCUT2D eigenvalue weighted by atomic mass is 10.0. The molecule has 0 unspecified atom stereocenters. The fourth-order valence-electron chi connectivity index (χ4n) is 2.83. The molecule has 0 radical (unpaired) electrons. The van der Waals surface area contributed by atoms with Crippen molar-refractivity contribution in [3.8, 4) is 11.3 Å². The smallest absolute Gasteiger partial charge is 0.253 e. The van der Waals surface area contributed by atoms with E-state index in [0.717, 1.165) is 36.3 Å². The van der Waals surface area contributed by atoms with Crippen LogP contribution in [0.15, 0.2) is 36.4 Å². The van der Waals surface area contributed by atoms with E-state index in [2.05, 4.69) is 10.2 Å². The molecule has 3 rings (SSSR count). The Bertz CT molecular complexity index is 668. The van der Waals surface area contributed by atoms with Gasteiger partial charge in [-0.25, -0.2) is 0 Å². The summed E-state index contributed by atoms with van der Waals surface area (Å²) in [4.78, 5) is 14.5. The Morgan fingerprint density at radius 2 is 1.96 bits per heavy atom. The maximum absolute atomic E-state index is 12.6. The van der Waals surface area contributed by atoms with Gasteiger partial charge in [0.1, 0.15) is 0 Å². The zero-order valence-electron chi connectivity index (χ0n) is 13.5. The number of hydrogen-bond donors (Lipinski definition) is 0. The summed E-state index contributed by atoms with van der Waals surface area (Å²) in [6, 6.07) is 11.4. The molecule has 1 amide bonds. The van der Waals surface area contributed by atoms with Gasteiger partial charge in [0.15, 0.2) is 0 Å². The van der Waals surface area contributed by atoms with Gasteiger partial charge in [0, 0.05) is 31.3 Å². The van der Waals surface area contributed by atoms with Gasteiger partial charge in [0.25, 0.3) is 5.91 Å². The molecule has 1 aromatic carbocycles. The van der Waals surface area contributed by atoms with Gasteiger partial charge in [0.05, 0.1) is 17.5 Å². The Morgan fingerprint density at radius 1 is 1.17 bits per heavy atom. The van der Waals surface area contributed by atoms with Gasteiger partial charge in [0.2, 0.25) is 0 Å². The minimum Gasteiger partial charge on any atom is -0.380 e. The first-order valence-corrected chi connectivity index (χ1v) is 7.90. The highest BCUT2D eigenvalue weighted by molar-refractivity contribution is 5.94. The predicted octanol–water partition coefficient (Wildman–Crippen LogP) is 2.70. The highest BCUT2D eigenvalue weighted by atomic mass is 16.5. The van der Waals surface area contributed by atoms with Gasteiger partial charge >= 0.3 is 0 Å². The van der Waals surface area contributed by atoms with Crippen LogP contribution in [0.5, 0.6) is 0 Å². The zero-order chi connectivity index (χ0) is 16.2. The summed E-state index contributed by atoms with van der Waals surface area (Å²) in [7, 11) is 1.70. The molecule has 0 aliphatic carbocycles. The number of carbonyl (C=O) groups excluding carboxylic acids is 1. The van der Waals surface area contributed by atoms with Crippen LogP contribution in [0.2, 0.25) is 0 Å². The predicted molar refractivity (Wildman–Crippen MR) is 88.1 cm³/mol. The van der Waals surface area contributed by atoms with Crippen molar-refractivity contribution in [1.82, 2.24) is 15.1 Å². The van der Waals surface area contributed by atoms with Crippen LogP contribution >= 0.6 is 0 Å². The van der Waals surface area contributed by atoms with E-state index in [-0.39, 0.29) is 12.0 Å². The van der Waals surface area contributed by atoms with Crippen LogP contribution in [0.1, 0.15) is 28.9 Å². The van der Waals surface area contributed by atoms with Crippen molar-refractivity contribution < 1.29 is 9.53 Å². The summed E-state index contributed by atoms with van der Waals surface area (Å²) in [6.07, 6.45) is 2.15. The summed E-state index contributed by atoms with van der Waals surface area (Å²) in [5.74, 6) is 0.0632. The Hall–Kier alpha value is -2.27. The molecule has 1 saturated heterocycles. The van der Waals surface area contributed by atoms with Crippen molar-refractivity contribution in [1.29, 1.82) is 0 Å². The van der Waals surface area contributed by atoms with Crippen molar-refractivity contribution in [3.05, 3.63) is 47.7 Å². The molecule has 5 heteroatoms. The van der Waals surface area contributed by atoms with E-state index in [0.29, 0.717) is 12.1 Å². The van der Waals surface area contributed by atoms with Crippen LogP contribution in [0.4, 0.5) is 0 Å². The van der Waals surface area contributed by atoms with Crippen LogP contribution in [-0.4, -0.2) is 47.3 Å². The van der Waals surface area contributed by atoms with Crippen LogP contribution in [0, 0.1) is 6.92 Å². The molecule has 120 valence electrons. The van der Waals surface area contributed by atoms with Crippen molar-refractivity contribution in [2.24, 2.45) is 0 Å². The molecule has 23 heavy (non-hydrogen) atoms. The molecule has 1 fully saturated rings. The maximum Gasteiger partial charge on any atom is 0.253 e. The molecule has 0 saturated carbocycles. The highest BCUT2D eigenvalue weighted by Gasteiger charge is 2.24. The third-order valence-corrected chi connectivity index (χ3v) is 4.22. The average molecular weight is 311 g/mol. The molecule has 2 aromatic rings. The SMILES string of the molecule is CO[C@H]1CCCN(C(=O)c2ccc(-c3ccc(C)nn3)cc2)C1. The quantitative estimate of drug-likeness (QED) is 0.874. The van der Waals surface area contributed by atoms with E-state index in [1.807, 2.05) is 48.2 Å². The van der Waals surface area contributed by atoms with Crippen LogP contribution < -0.4 is 0 Å². The fourth-order valence-corrected chi connectivity index (χ4v) is 2.83. The van der Waals surface area contributed by atoms with E-state index in [9.17, 15) is 4.79 Å². The Morgan fingerprint density at radius 3 is 2.61 bits per heavy atom. The van der Waals surface area contributed by atoms with Crippen LogP contribution in [0.3, 0.4) is 0 Å². The topological polar surface area (TPSA) is 55.3 Å². The normalized spacial score (nSPS) is 18.0. The number of ether oxygens (including phenoxy) is 1. The largest absolute Gasteiger partial charge is 0.380 e. The average Bonchev–Trinajstić information content (AvgIpc) is 2.62. The number of aromatic nitrogens is 2. The summed E-state index contributed by atoms with van der Waals surface area (Å²) in [6.45, 7) is 3.37. The summed E-state index contributed by atoms with van der Waals surface area (Å²) >= 11 is 0. The minimum absolute atomic E-state index is 0.0632. The van der Waals surface area contributed by atoms with Crippen LogP contribution in [0.25, 0.3) is 11.3 Å². The van der Waals surface area contributed by atoms with Gasteiger partial charge in [-0.15, -0.1) is 0 Å². The van der Waals surface area contributed by atoms with E-state index in [1.54, 1.807) is 7.11 Å². The van der Waals surface area contributed by atoms with E-state index < -0.39 is 0 Å². The molecule has 1 aliphatic heterocycles. The number of amides is 1. The lowest BCUT2D eigenvalue weighted by molar-refractivity contribution is 0.0269. The second kappa shape index (κ2) is 6.87. The standard InChI is InChI=1S/C18H21N3O2/c1-13-5-10-17(20-19-13)14-6-8-15(9-7-14)18(22)21-11-3-4-16(12-21)23-2/h5-10,16H,3-4,11-12H2,1-2H3/t16-/m0/s1. The van der Waals surface area contributed by atoms with E-state index in [4.69, 9.17) is 4.74 Å². The summed E-state index contributed by atoms with van der Waals surface area (Å²) < 4.78 is 5.38. The van der Waals surface area contributed by atoms with E-state index in [1.165, 1.54) is 0 Å². The Kier molecular flexibility index (Phi) is 4.67. The molecule has 1 aliphatic rings. The number of methoxy groups -OCH3 is 1. The summed E-state index contributed by atoms with van der Waals surface area (Å²) in [5, 5.41) is 8.24. The van der Waals surface area contributed by atoms with Crippen molar-refractivity contribution in [2.45, 2.75) is 25.9 Å². The molecular formula is C18H21N3O2. The number of likely N-dealkylation sites (tertiary alicyclic amines) is 1. The third kappa shape index (κ3) is 3.56. The summed E-state index contributed by atoms with van der Waals surface area (Å²) in [5.41, 5.74) is 3.36. The fraction of sp³-hybridized carbons (Fsp3) is 0.389. The van der Waals surface area contributed by atoms with E-state index >= 15 is 0 Å². The number of rotatable bonds is 3. The minimum atomic E-state index is 0.0632. The molecule has 0 spiro atoms. The van der Waals surface area contributed by atoms with Crippen molar-refractivity contribution in [2.75, 3.05) is 20.2 Å². The first kappa shape index (κ1) is 15.6. The molecule has 0 N–H and O–H groups in total. The molecule has 0 bridgehead atoms. The molecule has 2 heterocycles. The van der Waals surface area contributed by atoms with Crippen molar-refractivity contribution >= 4 is 5.91 Å². The maximum atomic E-state index is 12.6. The highest BCUT2D eigenvalue weighted by Crippen LogP contribution is 2.19. The van der Waals surface area contributed by atoms with Crippen LogP contribution in [-0.2, 0) is 4.74 Å². The molecule has 5 nitrogen and oxygen atoms in total. The number of carbonyl (C=O) groups is 1. The lowest BCUT2D eigenvalue weighted by Gasteiger charge is -2.32. The monoisotopic (exact) mass is 311 g/mol. The molecule has 1 aromatic heterocycles. The number of aryl methyl sites for hydroxylation is 1. The Labute approximate surface area is 136 Å². The molecule has 1 atom stereocenters. The van der Waals surface area contributed by atoms with Crippen molar-refractivity contribution in [3.63, 3.8) is 0 Å². The van der Waals surface area contributed by atoms with Gasteiger partial charge in [-0.3, -0.25) is 4.79 Å². The zero-order valence-corrected chi connectivity index (χ0v) is 13.5. The molecular weight excluding hydrogens is 290 g/mol. The Balaban J connectivity index is 1.73. The van der Waals surface area contributed by atoms with Gasteiger partial charge < -0.3 is 9.64 Å². The number of piperidine rings is 1. The second-order valence-electron chi connectivity index (χ2n) is 5.89. The second-order valence-corrected chi connectivity index (χ2v) is 5.89. The number of hydrogen-bond acceptors (Lipinski definition) is 4. The third-order valence-electron chi connectivity index (χ3n) is 4.22. The number of nitrogens with zero attached hydrogens (tertiary/aromatic N) is 3.